The summed E-state index contributed by atoms with van der Waals surface area (Å²) in [6, 6.07) is 3.82. The van der Waals surface area contributed by atoms with E-state index in [0.29, 0.717) is 21.8 Å². The SMILES string of the molecule is CC1CCN(S(=O)(=O)c2cc(Br)ccc2Br)C(C(=O)O)C1. The van der Waals surface area contributed by atoms with Crippen molar-refractivity contribution in [2.45, 2.75) is 30.7 Å². The molecule has 1 aromatic rings. The van der Waals surface area contributed by atoms with E-state index in [0.717, 1.165) is 4.31 Å². The molecule has 1 fully saturated rings. The number of benzene rings is 1. The summed E-state index contributed by atoms with van der Waals surface area (Å²) in [7, 11) is -3.86. The lowest BCUT2D eigenvalue weighted by molar-refractivity contribution is -0.143. The van der Waals surface area contributed by atoms with E-state index in [1.54, 1.807) is 12.1 Å². The lowest BCUT2D eigenvalue weighted by Crippen LogP contribution is -2.49. The molecule has 0 amide bonds. The monoisotopic (exact) mass is 439 g/mol. The third kappa shape index (κ3) is 3.49. The number of carbonyl (C=O) groups is 1. The summed E-state index contributed by atoms with van der Waals surface area (Å²) in [5.41, 5.74) is 0. The maximum Gasteiger partial charge on any atom is 0.322 e. The van der Waals surface area contributed by atoms with Crippen LogP contribution < -0.4 is 0 Å². The third-order valence-electron chi connectivity index (χ3n) is 3.58. The molecule has 2 atom stereocenters. The highest BCUT2D eigenvalue weighted by Crippen LogP contribution is 2.33. The van der Waals surface area contributed by atoms with Crippen molar-refractivity contribution >= 4 is 47.9 Å². The number of hydrogen-bond donors (Lipinski definition) is 1. The maximum absolute atomic E-state index is 12.8. The van der Waals surface area contributed by atoms with Gasteiger partial charge in [-0.3, -0.25) is 4.79 Å². The third-order valence-corrected chi connectivity index (χ3v) is 6.98. The predicted molar refractivity (Wildman–Crippen MR) is 85.6 cm³/mol. The van der Waals surface area contributed by atoms with E-state index in [1.165, 1.54) is 6.07 Å². The van der Waals surface area contributed by atoms with Gasteiger partial charge >= 0.3 is 5.97 Å². The Hall–Kier alpha value is -0.440. The second kappa shape index (κ2) is 6.36. The van der Waals surface area contributed by atoms with E-state index >= 15 is 0 Å². The van der Waals surface area contributed by atoms with E-state index < -0.39 is 22.0 Å². The topological polar surface area (TPSA) is 74.7 Å². The highest BCUT2D eigenvalue weighted by Gasteiger charge is 2.40. The number of hydrogen-bond acceptors (Lipinski definition) is 3. The molecule has 1 aromatic carbocycles. The summed E-state index contributed by atoms with van der Waals surface area (Å²) in [6.07, 6.45) is 0.995. The van der Waals surface area contributed by atoms with Crippen LogP contribution in [0.1, 0.15) is 19.8 Å². The molecule has 1 saturated heterocycles. The summed E-state index contributed by atoms with van der Waals surface area (Å²) < 4.78 is 27.7. The van der Waals surface area contributed by atoms with Crippen LogP contribution in [0.4, 0.5) is 0 Å². The van der Waals surface area contributed by atoms with Gasteiger partial charge in [-0.1, -0.05) is 22.9 Å². The zero-order chi connectivity index (χ0) is 15.8. The highest BCUT2D eigenvalue weighted by atomic mass is 79.9. The summed E-state index contributed by atoms with van der Waals surface area (Å²) in [6.45, 7) is 2.16. The van der Waals surface area contributed by atoms with Crippen molar-refractivity contribution < 1.29 is 18.3 Å². The fraction of sp³-hybridized carbons (Fsp3) is 0.462. The van der Waals surface area contributed by atoms with Gasteiger partial charge in [0, 0.05) is 15.5 Å². The number of aliphatic carboxylic acids is 1. The van der Waals surface area contributed by atoms with Crippen molar-refractivity contribution in [3.05, 3.63) is 27.1 Å². The predicted octanol–water partition coefficient (Wildman–Crippen LogP) is 3.09. The molecule has 21 heavy (non-hydrogen) atoms. The van der Waals surface area contributed by atoms with Gasteiger partial charge in [-0.25, -0.2) is 8.42 Å². The first-order valence-electron chi connectivity index (χ1n) is 6.43. The summed E-state index contributed by atoms with van der Waals surface area (Å²) in [5.74, 6) is -0.903. The number of halogens is 2. The van der Waals surface area contributed by atoms with Crippen molar-refractivity contribution in [1.29, 1.82) is 0 Å². The van der Waals surface area contributed by atoms with Crippen LogP contribution >= 0.6 is 31.9 Å². The molecule has 0 radical (unpaired) electrons. The second-order valence-electron chi connectivity index (χ2n) is 5.17. The van der Waals surface area contributed by atoms with Crippen LogP contribution in [0.5, 0.6) is 0 Å². The van der Waals surface area contributed by atoms with Crippen molar-refractivity contribution in [2.24, 2.45) is 5.92 Å². The number of sulfonamides is 1. The lowest BCUT2D eigenvalue weighted by Gasteiger charge is -2.35. The van der Waals surface area contributed by atoms with Crippen LogP contribution in [0.15, 0.2) is 32.0 Å². The minimum Gasteiger partial charge on any atom is -0.480 e. The second-order valence-corrected chi connectivity index (χ2v) is 8.80. The van der Waals surface area contributed by atoms with E-state index in [-0.39, 0.29) is 17.4 Å². The normalized spacial score (nSPS) is 24.0. The minimum atomic E-state index is -3.86. The Morgan fingerprint density at radius 3 is 2.67 bits per heavy atom. The van der Waals surface area contributed by atoms with Gasteiger partial charge in [0.25, 0.3) is 0 Å². The molecular formula is C13H15Br2NO4S. The fourth-order valence-electron chi connectivity index (χ4n) is 2.43. The number of piperidine rings is 1. The van der Waals surface area contributed by atoms with Crippen LogP contribution in [-0.4, -0.2) is 36.4 Å². The molecule has 0 aromatic heterocycles. The summed E-state index contributed by atoms with van der Waals surface area (Å²) in [4.78, 5) is 11.5. The molecule has 8 heteroatoms. The molecule has 1 aliphatic heterocycles. The Bertz CT molecular complexity index is 662. The van der Waals surface area contributed by atoms with E-state index in [1.807, 2.05) is 6.92 Å². The number of carboxylic acids is 1. The fourth-order valence-corrected chi connectivity index (χ4v) is 5.51. The Balaban J connectivity index is 2.46. The number of carboxylic acid groups (broad SMARTS) is 1. The molecule has 116 valence electrons. The molecular weight excluding hydrogens is 426 g/mol. The first kappa shape index (κ1) is 16.9. The molecule has 1 aliphatic rings. The zero-order valence-corrected chi connectivity index (χ0v) is 15.3. The van der Waals surface area contributed by atoms with Crippen LogP contribution in [-0.2, 0) is 14.8 Å². The Labute approximate surface area is 140 Å². The molecule has 5 nitrogen and oxygen atoms in total. The zero-order valence-electron chi connectivity index (χ0n) is 11.3. The Morgan fingerprint density at radius 2 is 2.05 bits per heavy atom. The van der Waals surface area contributed by atoms with Crippen LogP contribution in [0.25, 0.3) is 0 Å². The van der Waals surface area contributed by atoms with Gasteiger partial charge in [0.15, 0.2) is 0 Å². The quantitative estimate of drug-likeness (QED) is 0.783. The molecule has 2 rings (SSSR count). The van der Waals surface area contributed by atoms with Gasteiger partial charge < -0.3 is 5.11 Å². The van der Waals surface area contributed by atoms with E-state index in [2.05, 4.69) is 31.9 Å². The highest BCUT2D eigenvalue weighted by molar-refractivity contribution is 9.11. The summed E-state index contributed by atoms with van der Waals surface area (Å²) >= 11 is 6.47. The van der Waals surface area contributed by atoms with Crippen LogP contribution in [0, 0.1) is 5.92 Å². The lowest BCUT2D eigenvalue weighted by atomic mass is 9.94. The standard InChI is InChI=1S/C13H15Br2NO4S/c1-8-4-5-16(11(6-8)13(17)18)21(19,20)12-7-9(14)2-3-10(12)15/h2-3,7-8,11H,4-6H2,1H3,(H,17,18). The molecule has 2 unspecified atom stereocenters. The smallest absolute Gasteiger partial charge is 0.322 e. The molecule has 0 spiro atoms. The van der Waals surface area contributed by atoms with Gasteiger partial charge in [-0.15, -0.1) is 0 Å². The van der Waals surface area contributed by atoms with Gasteiger partial charge in [-0.2, -0.15) is 4.31 Å². The minimum absolute atomic E-state index is 0.0812. The van der Waals surface area contributed by atoms with Gasteiger partial charge in [-0.05, 0) is 52.9 Å². The van der Waals surface area contributed by atoms with Gasteiger partial charge in [0.2, 0.25) is 10.0 Å². The number of rotatable bonds is 3. The summed E-state index contributed by atoms with van der Waals surface area (Å²) in [5, 5.41) is 9.33. The molecule has 0 saturated carbocycles. The average Bonchev–Trinajstić information content (AvgIpc) is 2.41. The van der Waals surface area contributed by atoms with Crippen molar-refractivity contribution in [2.75, 3.05) is 6.54 Å². The van der Waals surface area contributed by atoms with Gasteiger partial charge in [0.1, 0.15) is 6.04 Å². The average molecular weight is 441 g/mol. The molecule has 0 aliphatic carbocycles. The number of nitrogens with zero attached hydrogens (tertiary/aromatic N) is 1. The maximum atomic E-state index is 12.8. The van der Waals surface area contributed by atoms with Crippen LogP contribution in [0.2, 0.25) is 0 Å². The Morgan fingerprint density at radius 1 is 1.38 bits per heavy atom. The van der Waals surface area contributed by atoms with Crippen molar-refractivity contribution in [3.8, 4) is 0 Å². The largest absolute Gasteiger partial charge is 0.480 e. The van der Waals surface area contributed by atoms with Gasteiger partial charge in [0.05, 0.1) is 4.90 Å². The first-order valence-corrected chi connectivity index (χ1v) is 9.46. The van der Waals surface area contributed by atoms with E-state index in [9.17, 15) is 18.3 Å². The molecule has 1 N–H and O–H groups in total. The van der Waals surface area contributed by atoms with Crippen molar-refractivity contribution in [3.63, 3.8) is 0 Å². The molecule has 1 heterocycles. The van der Waals surface area contributed by atoms with E-state index in [4.69, 9.17) is 0 Å². The first-order chi connectivity index (χ1) is 9.73. The molecule has 0 bridgehead atoms. The van der Waals surface area contributed by atoms with Crippen molar-refractivity contribution in [1.82, 2.24) is 4.31 Å². The Kier molecular flexibility index (Phi) is 5.12. The van der Waals surface area contributed by atoms with Crippen LogP contribution in [0.3, 0.4) is 0 Å².